The first-order valence-corrected chi connectivity index (χ1v) is 6.31. The van der Waals surface area contributed by atoms with Gasteiger partial charge in [0.2, 0.25) is 0 Å². The molecule has 0 N–H and O–H groups in total. The maximum absolute atomic E-state index is 5.38. The van der Waals surface area contributed by atoms with Gasteiger partial charge in [0.25, 0.3) is 0 Å². The van der Waals surface area contributed by atoms with Crippen LogP contribution < -0.4 is 0 Å². The Morgan fingerprint density at radius 2 is 2.20 bits per heavy atom. The largest absolute Gasteiger partial charge is 0.134 e. The topological polar surface area (TPSA) is 0 Å². The van der Waals surface area contributed by atoms with E-state index in [9.17, 15) is 0 Å². The Kier molecular flexibility index (Phi) is 3.49. The zero-order valence-electron chi connectivity index (χ0n) is 8.75. The molecular weight excluding hydrogens is 200 g/mol. The Morgan fingerprint density at radius 3 is 2.93 bits per heavy atom. The van der Waals surface area contributed by atoms with Gasteiger partial charge in [-0.1, -0.05) is 30.6 Å². The van der Waals surface area contributed by atoms with Crippen molar-refractivity contribution in [2.75, 3.05) is 0 Å². The van der Waals surface area contributed by atoms with Crippen molar-refractivity contribution in [3.63, 3.8) is 0 Å². The highest BCUT2D eigenvalue weighted by Gasteiger charge is 2.12. The van der Waals surface area contributed by atoms with Gasteiger partial charge in [0.05, 0.1) is 10.4 Å². The minimum Gasteiger partial charge on any atom is -0.134 e. The van der Waals surface area contributed by atoms with Crippen molar-refractivity contribution >= 4 is 11.3 Å². The molecule has 0 saturated heterocycles. The van der Waals surface area contributed by atoms with Crippen molar-refractivity contribution in [3.8, 4) is 24.2 Å². The van der Waals surface area contributed by atoms with Crippen LogP contribution in [0.1, 0.15) is 42.5 Å². The Morgan fingerprint density at radius 1 is 1.40 bits per heavy atom. The zero-order chi connectivity index (χ0) is 10.5. The molecule has 1 aliphatic rings. The SMILES string of the molecule is C#Cc1ccsc1C#CCC1CCCC1. The van der Waals surface area contributed by atoms with Gasteiger partial charge in [0.15, 0.2) is 0 Å². The molecule has 0 aromatic carbocycles. The Labute approximate surface area is 95.7 Å². The second kappa shape index (κ2) is 5.06. The summed E-state index contributed by atoms with van der Waals surface area (Å²) in [4.78, 5) is 1.05. The average molecular weight is 214 g/mol. The van der Waals surface area contributed by atoms with Crippen LogP contribution in [0.4, 0.5) is 0 Å². The molecular formula is C14H14S. The number of hydrogen-bond donors (Lipinski definition) is 0. The van der Waals surface area contributed by atoms with Gasteiger partial charge in [-0.3, -0.25) is 0 Å². The molecule has 0 nitrogen and oxygen atoms in total. The highest BCUT2D eigenvalue weighted by molar-refractivity contribution is 7.10. The average Bonchev–Trinajstić information content (AvgIpc) is 2.88. The van der Waals surface area contributed by atoms with E-state index in [1.807, 2.05) is 11.4 Å². The fourth-order valence-electron chi connectivity index (χ4n) is 2.01. The summed E-state index contributed by atoms with van der Waals surface area (Å²) < 4.78 is 0. The Balaban J connectivity index is 1.96. The van der Waals surface area contributed by atoms with Crippen LogP contribution in [-0.2, 0) is 0 Å². The monoisotopic (exact) mass is 214 g/mol. The summed E-state index contributed by atoms with van der Waals surface area (Å²) >= 11 is 1.64. The summed E-state index contributed by atoms with van der Waals surface area (Å²) in [5, 5.41) is 2.01. The Hall–Kier alpha value is -1.18. The van der Waals surface area contributed by atoms with Gasteiger partial charge in [0, 0.05) is 6.42 Å². The van der Waals surface area contributed by atoms with E-state index in [0.717, 1.165) is 22.8 Å². The van der Waals surface area contributed by atoms with Crippen molar-refractivity contribution in [2.45, 2.75) is 32.1 Å². The van der Waals surface area contributed by atoms with Gasteiger partial charge in [-0.05, 0) is 30.2 Å². The third-order valence-corrected chi connectivity index (χ3v) is 3.72. The first-order valence-electron chi connectivity index (χ1n) is 5.43. The molecule has 76 valence electrons. The molecule has 1 saturated carbocycles. The second-order valence-electron chi connectivity index (χ2n) is 3.96. The number of hydrogen-bond acceptors (Lipinski definition) is 1. The van der Waals surface area contributed by atoms with E-state index in [1.54, 1.807) is 11.3 Å². The number of terminal acetylenes is 1. The first-order chi connectivity index (χ1) is 7.40. The van der Waals surface area contributed by atoms with Crippen LogP contribution in [0.3, 0.4) is 0 Å². The van der Waals surface area contributed by atoms with E-state index in [0.29, 0.717) is 0 Å². The van der Waals surface area contributed by atoms with E-state index >= 15 is 0 Å². The molecule has 15 heavy (non-hydrogen) atoms. The fourth-order valence-corrected chi connectivity index (χ4v) is 2.74. The highest BCUT2D eigenvalue weighted by atomic mass is 32.1. The molecule has 1 heteroatoms. The molecule has 1 fully saturated rings. The molecule has 0 atom stereocenters. The van der Waals surface area contributed by atoms with Crippen molar-refractivity contribution in [1.82, 2.24) is 0 Å². The molecule has 0 radical (unpaired) electrons. The second-order valence-corrected chi connectivity index (χ2v) is 4.88. The molecule has 2 rings (SSSR count). The molecule has 0 amide bonds. The molecule has 0 spiro atoms. The molecule has 0 aliphatic heterocycles. The molecule has 0 unspecified atom stereocenters. The molecule has 1 aromatic rings. The lowest BCUT2D eigenvalue weighted by Crippen LogP contribution is -1.89. The van der Waals surface area contributed by atoms with E-state index < -0.39 is 0 Å². The summed E-state index contributed by atoms with van der Waals surface area (Å²) in [5.74, 6) is 9.97. The highest BCUT2D eigenvalue weighted by Crippen LogP contribution is 2.27. The number of thiophene rings is 1. The summed E-state index contributed by atoms with van der Waals surface area (Å²) in [6, 6.07) is 1.96. The lowest BCUT2D eigenvalue weighted by Gasteiger charge is -2.00. The third kappa shape index (κ3) is 2.65. The van der Waals surface area contributed by atoms with E-state index in [-0.39, 0.29) is 0 Å². The predicted molar refractivity (Wildman–Crippen MR) is 65.7 cm³/mol. The lowest BCUT2D eigenvalue weighted by molar-refractivity contribution is 0.567. The van der Waals surface area contributed by atoms with Crippen LogP contribution in [0, 0.1) is 30.1 Å². The lowest BCUT2D eigenvalue weighted by atomic mass is 10.0. The van der Waals surface area contributed by atoms with Crippen LogP contribution >= 0.6 is 11.3 Å². The van der Waals surface area contributed by atoms with Gasteiger partial charge in [-0.25, -0.2) is 0 Å². The molecule has 0 bridgehead atoms. The van der Waals surface area contributed by atoms with Crippen molar-refractivity contribution in [3.05, 3.63) is 21.9 Å². The zero-order valence-corrected chi connectivity index (χ0v) is 9.57. The van der Waals surface area contributed by atoms with Crippen LogP contribution in [0.2, 0.25) is 0 Å². The fraction of sp³-hybridized carbons (Fsp3) is 0.429. The minimum absolute atomic E-state index is 0.840. The summed E-state index contributed by atoms with van der Waals surface area (Å²) in [6.07, 6.45) is 11.9. The van der Waals surface area contributed by atoms with Gasteiger partial charge in [-0.15, -0.1) is 17.8 Å². The summed E-state index contributed by atoms with van der Waals surface area (Å²) in [7, 11) is 0. The normalized spacial score (nSPS) is 15.7. The predicted octanol–water partition coefficient (Wildman–Crippen LogP) is 3.66. The summed E-state index contributed by atoms with van der Waals surface area (Å²) in [5.41, 5.74) is 0.943. The third-order valence-electron chi connectivity index (χ3n) is 2.89. The molecule has 1 heterocycles. The molecule has 1 aliphatic carbocycles. The van der Waals surface area contributed by atoms with E-state index in [1.165, 1.54) is 25.7 Å². The maximum atomic E-state index is 5.38. The van der Waals surface area contributed by atoms with Crippen molar-refractivity contribution in [2.24, 2.45) is 5.92 Å². The molecule has 1 aromatic heterocycles. The van der Waals surface area contributed by atoms with Gasteiger partial charge < -0.3 is 0 Å². The Bertz CT molecular complexity index is 416. The van der Waals surface area contributed by atoms with Gasteiger partial charge in [0.1, 0.15) is 0 Å². The minimum atomic E-state index is 0.840. The number of rotatable bonds is 1. The van der Waals surface area contributed by atoms with Crippen LogP contribution in [0.15, 0.2) is 11.4 Å². The van der Waals surface area contributed by atoms with Gasteiger partial charge in [-0.2, -0.15) is 0 Å². The van der Waals surface area contributed by atoms with E-state index in [2.05, 4.69) is 17.8 Å². The standard InChI is InChI=1S/C14H14S/c1-2-13-10-11-15-14(13)9-5-8-12-6-3-4-7-12/h1,10-12H,3-4,6-8H2. The first kappa shape index (κ1) is 10.3. The van der Waals surface area contributed by atoms with E-state index in [4.69, 9.17) is 6.42 Å². The van der Waals surface area contributed by atoms with Gasteiger partial charge >= 0.3 is 0 Å². The maximum Gasteiger partial charge on any atom is 0.0924 e. The smallest absolute Gasteiger partial charge is 0.0924 e. The quantitative estimate of drug-likeness (QED) is 0.626. The van der Waals surface area contributed by atoms with Crippen molar-refractivity contribution < 1.29 is 0 Å². The van der Waals surface area contributed by atoms with Crippen LogP contribution in [0.25, 0.3) is 0 Å². The van der Waals surface area contributed by atoms with Crippen LogP contribution in [0.5, 0.6) is 0 Å². The van der Waals surface area contributed by atoms with Crippen molar-refractivity contribution in [1.29, 1.82) is 0 Å². The summed E-state index contributed by atoms with van der Waals surface area (Å²) in [6.45, 7) is 0. The van der Waals surface area contributed by atoms with Crippen LogP contribution in [-0.4, -0.2) is 0 Å².